The van der Waals surface area contributed by atoms with Gasteiger partial charge < -0.3 is 20.3 Å². The number of aliphatic hydroxyl groups is 1. The predicted molar refractivity (Wildman–Crippen MR) is 71.1 cm³/mol. The monoisotopic (exact) mass is 260 g/mol. The molecule has 0 atom stereocenters. The standard InChI is InChI=1S/C14H16N2O3/c1-18-13-7-10(9-17)5-6-12(13)19-14-4-2-3-11(8-15)16-14/h2-7,17H,8-9,15H2,1H3. The van der Waals surface area contributed by atoms with E-state index in [1.165, 1.54) is 0 Å². The van der Waals surface area contributed by atoms with Crippen LogP contribution in [0.2, 0.25) is 0 Å². The van der Waals surface area contributed by atoms with Crippen molar-refractivity contribution >= 4 is 0 Å². The lowest BCUT2D eigenvalue weighted by molar-refractivity contribution is 0.280. The van der Waals surface area contributed by atoms with Crippen molar-refractivity contribution in [2.75, 3.05) is 7.11 Å². The lowest BCUT2D eigenvalue weighted by Crippen LogP contribution is -2.00. The second-order valence-corrected chi connectivity index (χ2v) is 3.92. The molecule has 0 saturated carbocycles. The van der Waals surface area contributed by atoms with Gasteiger partial charge in [-0.15, -0.1) is 0 Å². The average Bonchev–Trinajstić information content (AvgIpc) is 2.48. The number of rotatable bonds is 5. The van der Waals surface area contributed by atoms with Crippen molar-refractivity contribution in [3.8, 4) is 17.4 Å². The van der Waals surface area contributed by atoms with E-state index < -0.39 is 0 Å². The van der Waals surface area contributed by atoms with Crippen molar-refractivity contribution in [2.24, 2.45) is 5.73 Å². The quantitative estimate of drug-likeness (QED) is 0.857. The van der Waals surface area contributed by atoms with Crippen LogP contribution in [0.5, 0.6) is 17.4 Å². The van der Waals surface area contributed by atoms with Gasteiger partial charge in [-0.1, -0.05) is 12.1 Å². The molecule has 5 nitrogen and oxygen atoms in total. The van der Waals surface area contributed by atoms with Crippen LogP contribution in [0, 0.1) is 0 Å². The molecule has 2 aromatic rings. The minimum atomic E-state index is -0.0441. The number of nitrogens with two attached hydrogens (primary N) is 1. The predicted octanol–water partition coefficient (Wildman–Crippen LogP) is 1.83. The third-order valence-electron chi connectivity index (χ3n) is 2.62. The molecule has 2 rings (SSSR count). The first-order valence-corrected chi connectivity index (χ1v) is 5.88. The molecule has 0 bridgehead atoms. The van der Waals surface area contributed by atoms with E-state index in [9.17, 15) is 0 Å². The molecular formula is C14H16N2O3. The first-order chi connectivity index (χ1) is 9.26. The van der Waals surface area contributed by atoms with Gasteiger partial charge in [0.2, 0.25) is 5.88 Å². The van der Waals surface area contributed by atoms with Crippen LogP contribution in [-0.4, -0.2) is 17.2 Å². The highest BCUT2D eigenvalue weighted by Gasteiger charge is 2.07. The third kappa shape index (κ3) is 3.21. The fourth-order valence-electron chi connectivity index (χ4n) is 1.64. The maximum atomic E-state index is 9.08. The van der Waals surface area contributed by atoms with Crippen molar-refractivity contribution < 1.29 is 14.6 Å². The zero-order valence-corrected chi connectivity index (χ0v) is 10.7. The number of methoxy groups -OCH3 is 1. The Balaban J connectivity index is 2.26. The summed E-state index contributed by atoms with van der Waals surface area (Å²) < 4.78 is 10.9. The molecule has 0 fully saturated rings. The zero-order valence-electron chi connectivity index (χ0n) is 10.7. The van der Waals surface area contributed by atoms with Gasteiger partial charge in [0.1, 0.15) is 0 Å². The molecule has 0 aliphatic heterocycles. The van der Waals surface area contributed by atoms with Crippen molar-refractivity contribution in [1.82, 2.24) is 4.98 Å². The van der Waals surface area contributed by atoms with Crippen molar-refractivity contribution in [3.63, 3.8) is 0 Å². The fourth-order valence-corrected chi connectivity index (χ4v) is 1.64. The topological polar surface area (TPSA) is 77.6 Å². The first-order valence-electron chi connectivity index (χ1n) is 5.88. The summed E-state index contributed by atoms with van der Waals surface area (Å²) >= 11 is 0. The number of nitrogens with zero attached hydrogens (tertiary/aromatic N) is 1. The van der Waals surface area contributed by atoms with Crippen molar-refractivity contribution in [3.05, 3.63) is 47.7 Å². The molecule has 0 aliphatic carbocycles. The van der Waals surface area contributed by atoms with Crippen LogP contribution in [0.25, 0.3) is 0 Å². The van der Waals surface area contributed by atoms with Crippen LogP contribution in [0.3, 0.4) is 0 Å². The Morgan fingerprint density at radius 3 is 2.74 bits per heavy atom. The fraction of sp³-hybridized carbons (Fsp3) is 0.214. The summed E-state index contributed by atoms with van der Waals surface area (Å²) in [6, 6.07) is 10.6. The summed E-state index contributed by atoms with van der Waals surface area (Å²) in [5.41, 5.74) is 7.05. The number of hydrogen-bond donors (Lipinski definition) is 2. The van der Waals surface area contributed by atoms with E-state index in [-0.39, 0.29) is 6.61 Å². The van der Waals surface area contributed by atoms with E-state index in [1.807, 2.05) is 12.1 Å². The van der Waals surface area contributed by atoms with E-state index in [4.69, 9.17) is 20.3 Å². The summed E-state index contributed by atoms with van der Waals surface area (Å²) in [4.78, 5) is 4.25. The van der Waals surface area contributed by atoms with Gasteiger partial charge in [0.25, 0.3) is 0 Å². The van der Waals surface area contributed by atoms with Gasteiger partial charge in [-0.2, -0.15) is 0 Å². The number of pyridine rings is 1. The summed E-state index contributed by atoms with van der Waals surface area (Å²) in [6.45, 7) is 0.315. The maximum Gasteiger partial charge on any atom is 0.219 e. The molecule has 1 aromatic carbocycles. The Morgan fingerprint density at radius 2 is 2.05 bits per heavy atom. The minimum Gasteiger partial charge on any atom is -0.493 e. The second-order valence-electron chi connectivity index (χ2n) is 3.92. The van der Waals surface area contributed by atoms with E-state index in [1.54, 1.807) is 31.4 Å². The molecule has 0 aliphatic rings. The smallest absolute Gasteiger partial charge is 0.219 e. The highest BCUT2D eigenvalue weighted by Crippen LogP contribution is 2.31. The Bertz CT molecular complexity index is 558. The number of hydrogen-bond acceptors (Lipinski definition) is 5. The molecule has 0 spiro atoms. The van der Waals surface area contributed by atoms with E-state index in [0.717, 1.165) is 11.3 Å². The summed E-state index contributed by atoms with van der Waals surface area (Å²) in [5.74, 6) is 1.55. The lowest BCUT2D eigenvalue weighted by atomic mass is 10.2. The van der Waals surface area contributed by atoms with Crippen LogP contribution >= 0.6 is 0 Å². The third-order valence-corrected chi connectivity index (χ3v) is 2.62. The Kier molecular flexibility index (Phi) is 4.33. The minimum absolute atomic E-state index is 0.0441. The van der Waals surface area contributed by atoms with E-state index in [2.05, 4.69) is 4.98 Å². The lowest BCUT2D eigenvalue weighted by Gasteiger charge is -2.11. The molecule has 1 heterocycles. The number of aliphatic hydroxyl groups excluding tert-OH is 1. The molecule has 100 valence electrons. The van der Waals surface area contributed by atoms with Gasteiger partial charge in [-0.3, -0.25) is 0 Å². The average molecular weight is 260 g/mol. The molecule has 1 aromatic heterocycles. The molecule has 19 heavy (non-hydrogen) atoms. The second kappa shape index (κ2) is 6.17. The Labute approximate surface area is 111 Å². The SMILES string of the molecule is COc1cc(CO)ccc1Oc1cccc(CN)n1. The Morgan fingerprint density at radius 1 is 1.21 bits per heavy atom. The molecular weight excluding hydrogens is 244 g/mol. The van der Waals surface area contributed by atoms with Crippen molar-refractivity contribution in [2.45, 2.75) is 13.2 Å². The zero-order chi connectivity index (χ0) is 13.7. The van der Waals surface area contributed by atoms with Crippen LogP contribution in [-0.2, 0) is 13.2 Å². The van der Waals surface area contributed by atoms with Crippen LogP contribution in [0.4, 0.5) is 0 Å². The number of ether oxygens (including phenoxy) is 2. The molecule has 0 saturated heterocycles. The molecule has 0 unspecified atom stereocenters. The maximum absolute atomic E-state index is 9.08. The number of aromatic nitrogens is 1. The van der Waals surface area contributed by atoms with Gasteiger partial charge in [-0.05, 0) is 23.8 Å². The highest BCUT2D eigenvalue weighted by molar-refractivity contribution is 5.44. The molecule has 5 heteroatoms. The molecule has 3 N–H and O–H groups in total. The normalized spacial score (nSPS) is 10.3. The van der Waals surface area contributed by atoms with Crippen LogP contribution in [0.1, 0.15) is 11.3 Å². The van der Waals surface area contributed by atoms with Gasteiger partial charge in [0.15, 0.2) is 11.5 Å². The van der Waals surface area contributed by atoms with Crippen LogP contribution in [0.15, 0.2) is 36.4 Å². The summed E-state index contributed by atoms with van der Waals surface area (Å²) in [5, 5.41) is 9.08. The first kappa shape index (κ1) is 13.3. The Hall–Kier alpha value is -2.11. The van der Waals surface area contributed by atoms with Crippen LogP contribution < -0.4 is 15.2 Å². The van der Waals surface area contributed by atoms with E-state index >= 15 is 0 Å². The molecule has 0 radical (unpaired) electrons. The molecule has 0 amide bonds. The largest absolute Gasteiger partial charge is 0.493 e. The van der Waals surface area contributed by atoms with Gasteiger partial charge >= 0.3 is 0 Å². The van der Waals surface area contributed by atoms with E-state index in [0.29, 0.717) is 23.9 Å². The van der Waals surface area contributed by atoms with Gasteiger partial charge in [-0.25, -0.2) is 4.98 Å². The van der Waals surface area contributed by atoms with Crippen molar-refractivity contribution in [1.29, 1.82) is 0 Å². The van der Waals surface area contributed by atoms with Gasteiger partial charge in [0.05, 0.1) is 19.4 Å². The number of benzene rings is 1. The summed E-state index contributed by atoms with van der Waals surface area (Å²) in [7, 11) is 1.55. The van der Waals surface area contributed by atoms with Gasteiger partial charge in [0, 0.05) is 12.6 Å². The summed E-state index contributed by atoms with van der Waals surface area (Å²) in [6.07, 6.45) is 0. The highest BCUT2D eigenvalue weighted by atomic mass is 16.5.